The number of rotatable bonds is 1. The molecule has 0 saturated carbocycles. The average molecular weight is 353 g/mol. The zero-order valence-corrected chi connectivity index (χ0v) is 12.1. The number of nitro benzene ring substituents is 1. The van der Waals surface area contributed by atoms with Crippen molar-refractivity contribution in [3.8, 4) is 5.75 Å². The van der Waals surface area contributed by atoms with Crippen LogP contribution in [0.4, 0.5) is 5.69 Å². The summed E-state index contributed by atoms with van der Waals surface area (Å²) in [7, 11) is 0. The van der Waals surface area contributed by atoms with Crippen LogP contribution in [0, 0.1) is 17.0 Å². The number of aromatic hydroxyl groups is 1. The van der Waals surface area contributed by atoms with Crippen LogP contribution in [0.25, 0.3) is 0 Å². The summed E-state index contributed by atoms with van der Waals surface area (Å²) in [5, 5.41) is 19.8. The molecule has 0 atom stereocenters. The van der Waals surface area contributed by atoms with Gasteiger partial charge in [-0.05, 0) is 0 Å². The summed E-state index contributed by atoms with van der Waals surface area (Å²) in [4.78, 5) is 9.95. The number of phenols is 1. The van der Waals surface area contributed by atoms with E-state index in [-0.39, 0.29) is 37.6 Å². The van der Waals surface area contributed by atoms with Crippen LogP contribution in [0.15, 0.2) is 12.1 Å². The van der Waals surface area contributed by atoms with Gasteiger partial charge in [0.05, 0.1) is 0 Å². The minimum absolute atomic E-state index is 0.0430. The molecule has 59 valence electrons. The quantitative estimate of drug-likeness (QED) is 0.461. The molecule has 0 fully saturated rings. The summed E-state index contributed by atoms with van der Waals surface area (Å²) in [6.07, 6.45) is 0. The van der Waals surface area contributed by atoms with Crippen LogP contribution < -0.4 is 3.07 Å². The fourth-order valence-corrected chi connectivity index (χ4v) is 2.96. The van der Waals surface area contributed by atoms with Gasteiger partial charge in [-0.25, -0.2) is 0 Å². The van der Waals surface area contributed by atoms with Crippen molar-refractivity contribution < 1.29 is 36.2 Å². The Morgan fingerprint density at radius 1 is 1.58 bits per heavy atom. The molecule has 0 heterocycles. The predicted octanol–water partition coefficient (Wildman–Crippen LogP) is 0.781. The predicted molar refractivity (Wildman–Crippen MR) is 39.1 cm³/mol. The molecule has 0 saturated heterocycles. The van der Waals surface area contributed by atoms with E-state index in [4.69, 9.17) is 0 Å². The molecule has 1 N–H and O–H groups in total. The van der Waals surface area contributed by atoms with E-state index in [0.29, 0.717) is 8.64 Å². The number of nitro groups is 1. The van der Waals surface area contributed by atoms with Gasteiger partial charge in [-0.1, -0.05) is 0 Å². The van der Waals surface area contributed by atoms with E-state index in [1.807, 2.05) is 0 Å². The van der Waals surface area contributed by atoms with Crippen molar-refractivity contribution in [2.24, 2.45) is 0 Å². The fraction of sp³-hybridized carbons (Fsp3) is 0.143. The van der Waals surface area contributed by atoms with E-state index in [1.54, 1.807) is 13.0 Å². The standard InChI is InChI=1S/C7H6NO3.Hg/c1-5-2-3-6(8(10)11)4-7(5)9;/h2-3,9H,1H3;. The van der Waals surface area contributed by atoms with E-state index >= 15 is 0 Å². The van der Waals surface area contributed by atoms with E-state index in [9.17, 15) is 15.2 Å². The molecule has 1 aromatic carbocycles. The Bertz CT molecular complexity index is 338. The second kappa shape index (κ2) is 3.39. The maximum atomic E-state index is 10.4. The van der Waals surface area contributed by atoms with Gasteiger partial charge in [-0.3, -0.25) is 0 Å². The zero-order valence-electron chi connectivity index (χ0n) is 6.57. The molecule has 0 spiro atoms. The maximum absolute atomic E-state index is 10.4. The minimum atomic E-state index is -0.457. The van der Waals surface area contributed by atoms with Crippen molar-refractivity contribution in [2.45, 2.75) is 6.92 Å². The summed E-state index contributed by atoms with van der Waals surface area (Å²) < 4.78 is 0.514. The van der Waals surface area contributed by atoms with Crippen LogP contribution in [-0.2, 0) is 26.1 Å². The van der Waals surface area contributed by atoms with Gasteiger partial charge in [0.25, 0.3) is 0 Å². The molecule has 12 heavy (non-hydrogen) atoms. The molecule has 1 aromatic rings. The Hall–Kier alpha value is -0.645. The third-order valence-corrected chi connectivity index (χ3v) is 4.37. The second-order valence-corrected chi connectivity index (χ2v) is 5.23. The fourth-order valence-electron chi connectivity index (χ4n) is 0.914. The van der Waals surface area contributed by atoms with Gasteiger partial charge in [-0.2, -0.15) is 0 Å². The average Bonchev–Trinajstić information content (AvgIpc) is 2.00. The van der Waals surface area contributed by atoms with Crippen molar-refractivity contribution in [3.05, 3.63) is 27.8 Å². The molecule has 5 heteroatoms. The first-order valence-electron chi connectivity index (χ1n) is 3.33. The Balaban J connectivity index is 3.36. The van der Waals surface area contributed by atoms with Gasteiger partial charge in [0.1, 0.15) is 0 Å². The van der Waals surface area contributed by atoms with Crippen LogP contribution in [-0.4, -0.2) is 10.0 Å². The van der Waals surface area contributed by atoms with Crippen LogP contribution in [0.2, 0.25) is 0 Å². The van der Waals surface area contributed by atoms with Crippen molar-refractivity contribution in [2.75, 3.05) is 0 Å². The second-order valence-electron chi connectivity index (χ2n) is 2.49. The molecule has 0 aliphatic carbocycles. The number of hydrogen-bond acceptors (Lipinski definition) is 3. The van der Waals surface area contributed by atoms with Crippen LogP contribution in [0.3, 0.4) is 0 Å². The van der Waals surface area contributed by atoms with Crippen LogP contribution in [0.1, 0.15) is 5.56 Å². The van der Waals surface area contributed by atoms with Crippen molar-refractivity contribution in [1.82, 2.24) is 0 Å². The Labute approximate surface area is 85.3 Å². The SMILES string of the molecule is Cc1ccc([N+](=O)[O-])[c]([Hg])c1O. The molecular formula is C7H6HgNO3. The Morgan fingerprint density at radius 2 is 2.17 bits per heavy atom. The number of phenolic OH excluding ortho intramolecular Hbond substituents is 1. The van der Waals surface area contributed by atoms with E-state index in [2.05, 4.69) is 0 Å². The first kappa shape index (κ1) is 9.44. The summed E-state index contributed by atoms with van der Waals surface area (Å²) in [5.74, 6) is 0.0903. The molecule has 1 rings (SSSR count). The molecule has 0 amide bonds. The van der Waals surface area contributed by atoms with E-state index in [0.717, 1.165) is 0 Å². The first-order valence-corrected chi connectivity index (χ1v) is 6.08. The van der Waals surface area contributed by atoms with E-state index in [1.165, 1.54) is 6.07 Å². The molecule has 0 aliphatic rings. The molecular weight excluding hydrogens is 347 g/mol. The zero-order chi connectivity index (χ0) is 9.30. The summed E-state index contributed by atoms with van der Waals surface area (Å²) in [5.41, 5.74) is 0.743. The molecule has 0 aromatic heterocycles. The molecule has 0 bridgehead atoms. The summed E-state index contributed by atoms with van der Waals surface area (Å²) in [6, 6.07) is 3.00. The van der Waals surface area contributed by atoms with Gasteiger partial charge in [0.15, 0.2) is 0 Å². The topological polar surface area (TPSA) is 63.4 Å². The molecule has 4 nitrogen and oxygen atoms in total. The number of nitrogens with zero attached hydrogens (tertiary/aromatic N) is 1. The van der Waals surface area contributed by atoms with Crippen LogP contribution in [0.5, 0.6) is 5.75 Å². The van der Waals surface area contributed by atoms with Crippen molar-refractivity contribution in [3.63, 3.8) is 0 Å². The Morgan fingerprint density at radius 3 is 2.67 bits per heavy atom. The molecule has 0 radical (unpaired) electrons. The Kier molecular flexibility index (Phi) is 2.67. The number of aryl methyl sites for hydroxylation is 1. The van der Waals surface area contributed by atoms with Crippen LogP contribution >= 0.6 is 0 Å². The van der Waals surface area contributed by atoms with E-state index < -0.39 is 4.92 Å². The number of benzene rings is 1. The van der Waals surface area contributed by atoms with Crippen molar-refractivity contribution >= 4 is 8.76 Å². The third kappa shape index (κ3) is 1.58. The number of hydrogen-bond donors (Lipinski definition) is 1. The van der Waals surface area contributed by atoms with Gasteiger partial charge in [0.2, 0.25) is 0 Å². The van der Waals surface area contributed by atoms with Gasteiger partial charge in [0, 0.05) is 0 Å². The summed E-state index contributed by atoms with van der Waals surface area (Å²) >= 11 is 0.0643. The monoisotopic (exact) mass is 354 g/mol. The summed E-state index contributed by atoms with van der Waals surface area (Å²) in [6.45, 7) is 1.73. The van der Waals surface area contributed by atoms with Gasteiger partial charge >= 0.3 is 85.4 Å². The normalized spacial score (nSPS) is 9.92. The third-order valence-electron chi connectivity index (χ3n) is 1.66. The first-order chi connectivity index (χ1) is 5.54. The molecule has 0 unspecified atom stereocenters. The van der Waals surface area contributed by atoms with Crippen molar-refractivity contribution in [1.29, 1.82) is 0 Å². The molecule has 0 aliphatic heterocycles. The van der Waals surface area contributed by atoms with Gasteiger partial charge < -0.3 is 0 Å². The van der Waals surface area contributed by atoms with Gasteiger partial charge in [-0.15, -0.1) is 0 Å².